The molecule has 0 radical (unpaired) electrons. The van der Waals surface area contributed by atoms with Gasteiger partial charge in [-0.2, -0.15) is 0 Å². The normalized spacial score (nSPS) is 11.2. The largest absolute Gasteiger partial charge is 0.497 e. The molecule has 6 heteroatoms. The summed E-state index contributed by atoms with van der Waals surface area (Å²) in [5, 5.41) is 12.2. The molecule has 0 saturated carbocycles. The Morgan fingerprint density at radius 1 is 0.938 bits per heavy atom. The van der Waals surface area contributed by atoms with Crippen LogP contribution in [-0.2, 0) is 6.54 Å². The summed E-state index contributed by atoms with van der Waals surface area (Å²) >= 11 is 0. The summed E-state index contributed by atoms with van der Waals surface area (Å²) in [5.41, 5.74) is 1.81. The van der Waals surface area contributed by atoms with E-state index in [1.807, 2.05) is 73.7 Å². The Bertz CT molecular complexity index is 1310. The molecule has 0 atom stereocenters. The fourth-order valence-electron chi connectivity index (χ4n) is 3.53. The third-order valence-corrected chi connectivity index (χ3v) is 5.18. The van der Waals surface area contributed by atoms with Crippen molar-refractivity contribution in [3.63, 3.8) is 0 Å². The molecule has 32 heavy (non-hydrogen) atoms. The monoisotopic (exact) mass is 428 g/mol. The molecule has 4 rings (SSSR count). The standard InChI is InChI=1S/C26H24N2O4/c1-3-32-21-14-10-19(11-15-21)27-16-24-22-6-4-5-7-23(22)25(29)28(26(24)30)17-18-8-12-20(31-2)13-9-18/h4-16,30H,3,17H2,1-2H3. The van der Waals surface area contributed by atoms with Crippen molar-refractivity contribution in [3.05, 3.63) is 94.3 Å². The van der Waals surface area contributed by atoms with Gasteiger partial charge in [0, 0.05) is 17.0 Å². The van der Waals surface area contributed by atoms with Gasteiger partial charge in [-0.25, -0.2) is 0 Å². The van der Waals surface area contributed by atoms with E-state index in [2.05, 4.69) is 4.99 Å². The number of aromatic nitrogens is 1. The minimum absolute atomic E-state index is 0.126. The van der Waals surface area contributed by atoms with E-state index in [1.54, 1.807) is 19.4 Å². The topological polar surface area (TPSA) is 73.1 Å². The quantitative estimate of drug-likeness (QED) is 0.425. The number of aromatic hydroxyl groups is 1. The molecule has 6 nitrogen and oxygen atoms in total. The average Bonchev–Trinajstić information content (AvgIpc) is 2.83. The Morgan fingerprint density at radius 2 is 1.59 bits per heavy atom. The van der Waals surface area contributed by atoms with Crippen molar-refractivity contribution in [3.8, 4) is 17.4 Å². The molecule has 0 unspecified atom stereocenters. The van der Waals surface area contributed by atoms with Crippen molar-refractivity contribution in [2.45, 2.75) is 13.5 Å². The fraction of sp³-hybridized carbons (Fsp3) is 0.154. The molecule has 1 heterocycles. The van der Waals surface area contributed by atoms with Crippen LogP contribution in [0.5, 0.6) is 17.4 Å². The number of hydrogen-bond donors (Lipinski definition) is 1. The third kappa shape index (κ3) is 4.34. The SMILES string of the molecule is CCOc1ccc(N=Cc2c(O)n(Cc3ccc(OC)cc3)c(=O)c3ccccc23)cc1. The Kier molecular flexibility index (Phi) is 6.22. The predicted octanol–water partition coefficient (Wildman–Crippen LogP) is 4.91. The molecular weight excluding hydrogens is 404 g/mol. The Labute approximate surface area is 186 Å². The molecule has 0 aliphatic rings. The lowest BCUT2D eigenvalue weighted by molar-refractivity contribution is 0.340. The molecule has 0 fully saturated rings. The van der Waals surface area contributed by atoms with Crippen LogP contribution in [0, 0.1) is 0 Å². The zero-order valence-corrected chi connectivity index (χ0v) is 18.0. The maximum Gasteiger partial charge on any atom is 0.261 e. The van der Waals surface area contributed by atoms with Gasteiger partial charge in [0.15, 0.2) is 0 Å². The minimum Gasteiger partial charge on any atom is -0.497 e. The lowest BCUT2D eigenvalue weighted by Crippen LogP contribution is -2.22. The summed E-state index contributed by atoms with van der Waals surface area (Å²) < 4.78 is 12.0. The molecule has 0 aliphatic carbocycles. The minimum atomic E-state index is -0.257. The summed E-state index contributed by atoms with van der Waals surface area (Å²) in [4.78, 5) is 17.6. The summed E-state index contributed by atoms with van der Waals surface area (Å²) in [7, 11) is 1.60. The van der Waals surface area contributed by atoms with E-state index in [4.69, 9.17) is 9.47 Å². The van der Waals surface area contributed by atoms with Crippen LogP contribution < -0.4 is 15.0 Å². The van der Waals surface area contributed by atoms with Gasteiger partial charge < -0.3 is 14.6 Å². The zero-order valence-electron chi connectivity index (χ0n) is 18.0. The first-order chi connectivity index (χ1) is 15.6. The highest BCUT2D eigenvalue weighted by Crippen LogP contribution is 2.26. The van der Waals surface area contributed by atoms with E-state index < -0.39 is 0 Å². The molecule has 0 spiro atoms. The first-order valence-electron chi connectivity index (χ1n) is 10.3. The average molecular weight is 428 g/mol. The molecule has 0 saturated heterocycles. The molecule has 1 N–H and O–H groups in total. The highest BCUT2D eigenvalue weighted by Gasteiger charge is 2.15. The molecule has 0 aliphatic heterocycles. The summed E-state index contributed by atoms with van der Waals surface area (Å²) in [6.45, 7) is 2.75. The van der Waals surface area contributed by atoms with Gasteiger partial charge in [-0.05, 0) is 55.0 Å². The van der Waals surface area contributed by atoms with Gasteiger partial charge in [-0.3, -0.25) is 14.4 Å². The maximum absolute atomic E-state index is 13.1. The summed E-state index contributed by atoms with van der Waals surface area (Å²) in [5.74, 6) is 1.37. The third-order valence-electron chi connectivity index (χ3n) is 5.18. The van der Waals surface area contributed by atoms with E-state index in [-0.39, 0.29) is 18.0 Å². The van der Waals surface area contributed by atoms with Gasteiger partial charge >= 0.3 is 0 Å². The van der Waals surface area contributed by atoms with Crippen LogP contribution in [0.1, 0.15) is 18.1 Å². The number of pyridine rings is 1. The van der Waals surface area contributed by atoms with Crippen LogP contribution in [0.25, 0.3) is 10.8 Å². The number of hydrogen-bond acceptors (Lipinski definition) is 5. The van der Waals surface area contributed by atoms with Gasteiger partial charge in [-0.1, -0.05) is 30.3 Å². The molecule has 3 aromatic carbocycles. The number of aliphatic imine (C=N–C) groups is 1. The van der Waals surface area contributed by atoms with E-state index in [0.717, 1.165) is 17.1 Å². The second-order valence-corrected chi connectivity index (χ2v) is 7.21. The van der Waals surface area contributed by atoms with E-state index >= 15 is 0 Å². The number of ether oxygens (including phenoxy) is 2. The van der Waals surface area contributed by atoms with Crippen LogP contribution in [0.4, 0.5) is 5.69 Å². The van der Waals surface area contributed by atoms with Crippen LogP contribution in [0.2, 0.25) is 0 Å². The Balaban J connectivity index is 1.76. The fourth-order valence-corrected chi connectivity index (χ4v) is 3.53. The second kappa shape index (κ2) is 9.39. The van der Waals surface area contributed by atoms with Gasteiger partial charge in [0.05, 0.1) is 31.5 Å². The number of benzene rings is 3. The molecule has 0 bridgehead atoms. The van der Waals surface area contributed by atoms with Crippen molar-refractivity contribution in [2.24, 2.45) is 4.99 Å². The zero-order chi connectivity index (χ0) is 22.5. The number of fused-ring (bicyclic) bond motifs is 1. The lowest BCUT2D eigenvalue weighted by Gasteiger charge is -2.14. The smallest absolute Gasteiger partial charge is 0.261 e. The first kappa shape index (κ1) is 21.2. The van der Waals surface area contributed by atoms with Crippen LogP contribution in [0.15, 0.2) is 82.6 Å². The molecule has 1 aromatic heterocycles. The number of rotatable bonds is 7. The van der Waals surface area contributed by atoms with Gasteiger partial charge in [-0.15, -0.1) is 0 Å². The highest BCUT2D eigenvalue weighted by molar-refractivity contribution is 6.02. The second-order valence-electron chi connectivity index (χ2n) is 7.21. The Morgan fingerprint density at radius 3 is 2.25 bits per heavy atom. The van der Waals surface area contributed by atoms with Crippen molar-refractivity contribution in [2.75, 3.05) is 13.7 Å². The van der Waals surface area contributed by atoms with E-state index in [9.17, 15) is 9.90 Å². The van der Waals surface area contributed by atoms with Gasteiger partial charge in [0.25, 0.3) is 5.56 Å². The predicted molar refractivity (Wildman–Crippen MR) is 127 cm³/mol. The molecule has 0 amide bonds. The number of methoxy groups -OCH3 is 1. The van der Waals surface area contributed by atoms with E-state index in [1.165, 1.54) is 4.57 Å². The summed E-state index contributed by atoms with van der Waals surface area (Å²) in [6.07, 6.45) is 1.59. The van der Waals surface area contributed by atoms with Crippen LogP contribution in [0.3, 0.4) is 0 Å². The van der Waals surface area contributed by atoms with E-state index in [0.29, 0.717) is 28.6 Å². The van der Waals surface area contributed by atoms with Crippen molar-refractivity contribution in [1.29, 1.82) is 0 Å². The van der Waals surface area contributed by atoms with Crippen molar-refractivity contribution in [1.82, 2.24) is 4.57 Å². The Hall–Kier alpha value is -4.06. The molecule has 162 valence electrons. The summed E-state index contributed by atoms with van der Waals surface area (Å²) in [6, 6.07) is 22.0. The molecular formula is C26H24N2O4. The van der Waals surface area contributed by atoms with Crippen LogP contribution >= 0.6 is 0 Å². The maximum atomic E-state index is 13.1. The van der Waals surface area contributed by atoms with Gasteiger partial charge in [0.2, 0.25) is 5.88 Å². The first-order valence-corrected chi connectivity index (χ1v) is 10.3. The highest BCUT2D eigenvalue weighted by atomic mass is 16.5. The van der Waals surface area contributed by atoms with Crippen LogP contribution in [-0.4, -0.2) is 29.6 Å². The van der Waals surface area contributed by atoms with Gasteiger partial charge in [0.1, 0.15) is 11.5 Å². The molecule has 4 aromatic rings. The van der Waals surface area contributed by atoms with Crippen molar-refractivity contribution >= 4 is 22.7 Å². The number of nitrogens with zero attached hydrogens (tertiary/aromatic N) is 2. The van der Waals surface area contributed by atoms with Crippen molar-refractivity contribution < 1.29 is 14.6 Å². The lowest BCUT2D eigenvalue weighted by atomic mass is 10.1.